The van der Waals surface area contributed by atoms with E-state index in [1.165, 1.54) is 12.1 Å². The lowest BCUT2D eigenvalue weighted by molar-refractivity contribution is -0.153. The van der Waals surface area contributed by atoms with E-state index in [0.717, 1.165) is 17.5 Å². The molecule has 0 aliphatic carbocycles. The summed E-state index contributed by atoms with van der Waals surface area (Å²) in [5, 5.41) is 0. The van der Waals surface area contributed by atoms with Crippen LogP contribution in [0.5, 0.6) is 0 Å². The number of para-hydroxylation sites is 2. The zero-order valence-corrected chi connectivity index (χ0v) is 17.9. The third-order valence-electron chi connectivity index (χ3n) is 5.63. The van der Waals surface area contributed by atoms with Crippen LogP contribution in [0.2, 0.25) is 0 Å². The fourth-order valence-corrected chi connectivity index (χ4v) is 4.11. The van der Waals surface area contributed by atoms with Crippen molar-refractivity contribution in [2.45, 2.75) is 33.2 Å². The maximum atomic E-state index is 13.6. The Hall–Kier alpha value is -3.22. The third kappa shape index (κ3) is 3.80. The first-order valence-corrected chi connectivity index (χ1v) is 10.6. The number of hydrogen-bond acceptors (Lipinski definition) is 4. The lowest BCUT2D eigenvalue weighted by Crippen LogP contribution is -2.50. The number of esters is 1. The minimum atomic E-state index is -1.08. The van der Waals surface area contributed by atoms with Gasteiger partial charge in [0.05, 0.1) is 23.7 Å². The molecule has 0 radical (unpaired) electrons. The second-order valence-electron chi connectivity index (χ2n) is 8.17. The van der Waals surface area contributed by atoms with Gasteiger partial charge >= 0.3 is 5.97 Å². The first kappa shape index (κ1) is 21.0. The van der Waals surface area contributed by atoms with Gasteiger partial charge in [-0.05, 0) is 49.1 Å². The van der Waals surface area contributed by atoms with Crippen molar-refractivity contribution in [2.24, 2.45) is 11.8 Å². The Kier molecular flexibility index (Phi) is 5.76. The summed E-state index contributed by atoms with van der Waals surface area (Å²) in [6, 6.07) is 12.8. The van der Waals surface area contributed by atoms with Crippen LogP contribution in [0.4, 0.5) is 10.3 Å². The molecular formula is C24H26FN3O3. The molecule has 3 aromatic rings. The molecule has 2 atom stereocenters. The van der Waals surface area contributed by atoms with Crippen molar-refractivity contribution in [3.8, 4) is 0 Å². The van der Waals surface area contributed by atoms with Crippen LogP contribution in [0.25, 0.3) is 11.0 Å². The molecule has 0 spiro atoms. The lowest BCUT2D eigenvalue weighted by atomic mass is 9.89. The summed E-state index contributed by atoms with van der Waals surface area (Å²) in [6.45, 7) is 6.50. The molecule has 7 heteroatoms. The van der Waals surface area contributed by atoms with Crippen molar-refractivity contribution < 1.29 is 18.7 Å². The maximum Gasteiger partial charge on any atom is 0.321 e. The van der Waals surface area contributed by atoms with E-state index < -0.39 is 17.9 Å². The molecule has 0 bridgehead atoms. The monoisotopic (exact) mass is 423 g/mol. The van der Waals surface area contributed by atoms with E-state index in [4.69, 9.17) is 9.72 Å². The van der Waals surface area contributed by atoms with Crippen molar-refractivity contribution in [3.05, 3.63) is 59.9 Å². The molecule has 0 fully saturated rings. The first-order chi connectivity index (χ1) is 14.9. The van der Waals surface area contributed by atoms with E-state index in [1.807, 2.05) is 28.8 Å². The molecule has 4 rings (SSSR count). The van der Waals surface area contributed by atoms with Crippen LogP contribution < -0.4 is 4.90 Å². The van der Waals surface area contributed by atoms with Crippen molar-refractivity contribution in [1.29, 1.82) is 0 Å². The highest BCUT2D eigenvalue weighted by atomic mass is 19.1. The minimum Gasteiger partial charge on any atom is -0.465 e. The van der Waals surface area contributed by atoms with Crippen molar-refractivity contribution in [3.63, 3.8) is 0 Å². The number of benzene rings is 2. The molecule has 0 unspecified atom stereocenters. The number of nitrogens with zero attached hydrogens (tertiary/aromatic N) is 3. The minimum absolute atomic E-state index is 0.169. The molecule has 1 amide bonds. The molecule has 6 nitrogen and oxygen atoms in total. The quantitative estimate of drug-likeness (QED) is 0.437. The summed E-state index contributed by atoms with van der Waals surface area (Å²) in [5.74, 6) is -1.50. The van der Waals surface area contributed by atoms with Gasteiger partial charge in [0.2, 0.25) is 11.9 Å². The number of rotatable bonds is 6. The largest absolute Gasteiger partial charge is 0.465 e. The number of hydrogen-bond donors (Lipinski definition) is 0. The summed E-state index contributed by atoms with van der Waals surface area (Å²) in [7, 11) is 0. The van der Waals surface area contributed by atoms with Crippen LogP contribution in [0.1, 0.15) is 38.8 Å². The predicted octanol–water partition coefficient (Wildman–Crippen LogP) is 4.34. The van der Waals surface area contributed by atoms with E-state index in [1.54, 1.807) is 24.0 Å². The van der Waals surface area contributed by atoms with Gasteiger partial charge in [0, 0.05) is 6.54 Å². The van der Waals surface area contributed by atoms with Crippen molar-refractivity contribution in [2.75, 3.05) is 18.1 Å². The fourth-order valence-electron chi connectivity index (χ4n) is 4.11. The number of ether oxygens (including phenoxy) is 1. The average molecular weight is 423 g/mol. The fraction of sp³-hybridized carbons (Fsp3) is 0.375. The zero-order chi connectivity index (χ0) is 22.1. The Morgan fingerprint density at radius 2 is 1.87 bits per heavy atom. The number of carbonyl (C=O) groups excluding carboxylic acids is 2. The van der Waals surface area contributed by atoms with Gasteiger partial charge in [0.1, 0.15) is 5.82 Å². The number of amides is 1. The molecule has 1 aliphatic heterocycles. The van der Waals surface area contributed by atoms with Gasteiger partial charge in [0.15, 0.2) is 5.92 Å². The van der Waals surface area contributed by atoms with Crippen LogP contribution >= 0.6 is 0 Å². The van der Waals surface area contributed by atoms with Crippen LogP contribution in [0.15, 0.2) is 48.5 Å². The summed E-state index contributed by atoms with van der Waals surface area (Å²) < 4.78 is 20.9. The molecule has 2 aromatic carbocycles. The van der Waals surface area contributed by atoms with Crippen LogP contribution in [-0.2, 0) is 14.3 Å². The van der Waals surface area contributed by atoms with Gasteiger partial charge in [-0.15, -0.1) is 0 Å². The SMILES string of the molecule is CCOC(=O)[C@H]1C(=O)N(CCC(C)C)c2nc3ccccc3n2[C@H]1c1ccc(F)cc1. The van der Waals surface area contributed by atoms with Gasteiger partial charge in [-0.2, -0.15) is 0 Å². The summed E-state index contributed by atoms with van der Waals surface area (Å²) in [5.41, 5.74) is 2.19. The average Bonchev–Trinajstić information content (AvgIpc) is 3.12. The second kappa shape index (κ2) is 8.49. The lowest BCUT2D eigenvalue weighted by Gasteiger charge is -2.38. The topological polar surface area (TPSA) is 64.4 Å². The van der Waals surface area contributed by atoms with Crippen LogP contribution in [-0.4, -0.2) is 34.6 Å². The third-order valence-corrected chi connectivity index (χ3v) is 5.63. The Morgan fingerprint density at radius 1 is 1.16 bits per heavy atom. The Labute approximate surface area is 180 Å². The summed E-state index contributed by atoms with van der Waals surface area (Å²) >= 11 is 0. The highest BCUT2D eigenvalue weighted by Crippen LogP contribution is 2.41. The van der Waals surface area contributed by atoms with E-state index in [0.29, 0.717) is 24.0 Å². The van der Waals surface area contributed by atoms with Gasteiger partial charge in [-0.1, -0.05) is 38.1 Å². The number of carbonyl (C=O) groups is 2. The second-order valence-corrected chi connectivity index (χ2v) is 8.17. The number of halogens is 1. The number of imidazole rings is 1. The Bertz CT molecular complexity index is 1110. The predicted molar refractivity (Wildman–Crippen MR) is 116 cm³/mol. The molecule has 0 N–H and O–H groups in total. The van der Waals surface area contributed by atoms with E-state index in [2.05, 4.69) is 13.8 Å². The normalized spacial score (nSPS) is 18.5. The molecule has 162 valence electrons. The number of anilines is 1. The standard InChI is InChI=1S/C24H26FN3O3/c1-4-31-23(30)20-21(16-9-11-17(25)12-10-16)28-19-8-6-5-7-18(19)26-24(28)27(22(20)29)14-13-15(2)3/h5-12,15,20-21H,4,13-14H2,1-3H3/t20-,21+/m1/s1. The molecule has 2 heterocycles. The van der Waals surface area contributed by atoms with Gasteiger partial charge in [-0.3, -0.25) is 14.5 Å². The highest BCUT2D eigenvalue weighted by Gasteiger charge is 2.47. The smallest absolute Gasteiger partial charge is 0.321 e. The van der Waals surface area contributed by atoms with Gasteiger partial charge < -0.3 is 9.30 Å². The molecule has 0 saturated carbocycles. The van der Waals surface area contributed by atoms with Gasteiger partial charge in [-0.25, -0.2) is 9.37 Å². The van der Waals surface area contributed by atoms with E-state index in [-0.39, 0.29) is 18.3 Å². The molecular weight excluding hydrogens is 397 g/mol. The van der Waals surface area contributed by atoms with Gasteiger partial charge in [0.25, 0.3) is 0 Å². The summed E-state index contributed by atoms with van der Waals surface area (Å²) in [6.07, 6.45) is 0.770. The molecule has 1 aliphatic rings. The highest BCUT2D eigenvalue weighted by molar-refractivity contribution is 6.08. The Balaban J connectivity index is 1.95. The first-order valence-electron chi connectivity index (χ1n) is 10.6. The van der Waals surface area contributed by atoms with E-state index >= 15 is 0 Å². The summed E-state index contributed by atoms with van der Waals surface area (Å²) in [4.78, 5) is 33.0. The number of fused-ring (bicyclic) bond motifs is 3. The van der Waals surface area contributed by atoms with Crippen LogP contribution in [0.3, 0.4) is 0 Å². The number of aromatic nitrogens is 2. The molecule has 1 aromatic heterocycles. The maximum absolute atomic E-state index is 13.6. The van der Waals surface area contributed by atoms with Crippen molar-refractivity contribution >= 4 is 28.9 Å². The van der Waals surface area contributed by atoms with Crippen LogP contribution in [0, 0.1) is 17.7 Å². The molecule has 31 heavy (non-hydrogen) atoms. The molecule has 0 saturated heterocycles. The Morgan fingerprint density at radius 3 is 2.55 bits per heavy atom. The zero-order valence-electron chi connectivity index (χ0n) is 17.9. The van der Waals surface area contributed by atoms with E-state index in [9.17, 15) is 14.0 Å². The van der Waals surface area contributed by atoms with Crippen molar-refractivity contribution in [1.82, 2.24) is 9.55 Å².